The summed E-state index contributed by atoms with van der Waals surface area (Å²) in [6.07, 6.45) is 1.04. The van der Waals surface area contributed by atoms with Gasteiger partial charge in [-0.2, -0.15) is 0 Å². The van der Waals surface area contributed by atoms with Crippen LogP contribution in [0.15, 0.2) is 24.3 Å². The molecule has 0 bridgehead atoms. The second kappa shape index (κ2) is 7.08. The maximum absolute atomic E-state index is 11.8. The Hall–Kier alpha value is -1.84. The highest BCUT2D eigenvalue weighted by atomic mass is 16.2. The van der Waals surface area contributed by atoms with E-state index in [1.807, 2.05) is 52.0 Å². The first-order chi connectivity index (χ1) is 9.30. The van der Waals surface area contributed by atoms with Crippen LogP contribution < -0.4 is 10.6 Å². The van der Waals surface area contributed by atoms with E-state index in [9.17, 15) is 9.59 Å². The molecule has 1 aromatic carbocycles. The maximum atomic E-state index is 11.8. The van der Waals surface area contributed by atoms with Gasteiger partial charge >= 0.3 is 0 Å². The third-order valence-corrected chi connectivity index (χ3v) is 2.97. The molecular formula is C16H24N2O2. The van der Waals surface area contributed by atoms with Crippen LogP contribution in [0.4, 0.5) is 5.69 Å². The van der Waals surface area contributed by atoms with Crippen molar-refractivity contribution in [2.75, 3.05) is 11.9 Å². The summed E-state index contributed by atoms with van der Waals surface area (Å²) in [6.45, 7) is 8.09. The van der Waals surface area contributed by atoms with Crippen LogP contribution in [0.25, 0.3) is 0 Å². The minimum Gasteiger partial charge on any atom is -0.356 e. The number of rotatable bonds is 5. The van der Waals surface area contributed by atoms with E-state index in [2.05, 4.69) is 10.6 Å². The largest absolute Gasteiger partial charge is 0.356 e. The molecule has 20 heavy (non-hydrogen) atoms. The SMILES string of the molecule is Cc1ccccc1NC(=O)CCCNC(=O)C(C)(C)C. The van der Waals surface area contributed by atoms with Crippen molar-refractivity contribution in [2.24, 2.45) is 5.41 Å². The van der Waals surface area contributed by atoms with E-state index in [0.29, 0.717) is 19.4 Å². The predicted molar refractivity (Wildman–Crippen MR) is 81.5 cm³/mol. The fourth-order valence-corrected chi connectivity index (χ4v) is 1.64. The third-order valence-electron chi connectivity index (χ3n) is 2.97. The number of anilines is 1. The van der Waals surface area contributed by atoms with E-state index in [4.69, 9.17) is 0 Å². The van der Waals surface area contributed by atoms with Crippen molar-refractivity contribution in [2.45, 2.75) is 40.5 Å². The topological polar surface area (TPSA) is 58.2 Å². The van der Waals surface area contributed by atoms with Gasteiger partial charge in [0.25, 0.3) is 0 Å². The molecule has 2 amide bonds. The summed E-state index contributed by atoms with van der Waals surface area (Å²) in [5, 5.41) is 5.71. The van der Waals surface area contributed by atoms with Gasteiger partial charge in [0, 0.05) is 24.1 Å². The molecule has 1 aromatic rings. The molecule has 0 saturated heterocycles. The monoisotopic (exact) mass is 276 g/mol. The van der Waals surface area contributed by atoms with Gasteiger partial charge < -0.3 is 10.6 Å². The molecule has 0 radical (unpaired) electrons. The normalized spacial score (nSPS) is 11.0. The summed E-state index contributed by atoms with van der Waals surface area (Å²) in [5.74, 6) is -0.0129. The van der Waals surface area contributed by atoms with E-state index < -0.39 is 0 Å². The number of nitrogens with one attached hydrogen (secondary N) is 2. The van der Waals surface area contributed by atoms with Gasteiger partial charge in [-0.1, -0.05) is 39.0 Å². The first-order valence-electron chi connectivity index (χ1n) is 6.94. The molecule has 110 valence electrons. The van der Waals surface area contributed by atoms with Crippen LogP contribution in [0.3, 0.4) is 0 Å². The zero-order chi connectivity index (χ0) is 15.2. The van der Waals surface area contributed by atoms with Crippen molar-refractivity contribution in [3.05, 3.63) is 29.8 Å². The van der Waals surface area contributed by atoms with Crippen molar-refractivity contribution in [3.63, 3.8) is 0 Å². The fraction of sp³-hybridized carbons (Fsp3) is 0.500. The first-order valence-corrected chi connectivity index (χ1v) is 6.94. The minimum atomic E-state index is -0.386. The number of carbonyl (C=O) groups is 2. The van der Waals surface area contributed by atoms with Gasteiger partial charge in [-0.15, -0.1) is 0 Å². The molecule has 0 heterocycles. The predicted octanol–water partition coefficient (Wildman–Crippen LogP) is 2.88. The quantitative estimate of drug-likeness (QED) is 0.812. The number of carbonyl (C=O) groups excluding carboxylic acids is 2. The minimum absolute atomic E-state index is 0.0109. The van der Waals surface area contributed by atoms with Crippen molar-refractivity contribution >= 4 is 17.5 Å². The average Bonchev–Trinajstić information content (AvgIpc) is 2.36. The molecule has 4 heteroatoms. The zero-order valence-corrected chi connectivity index (χ0v) is 12.7. The Morgan fingerprint density at radius 2 is 1.80 bits per heavy atom. The maximum Gasteiger partial charge on any atom is 0.225 e. The van der Waals surface area contributed by atoms with Crippen molar-refractivity contribution in [1.82, 2.24) is 5.32 Å². The lowest BCUT2D eigenvalue weighted by Gasteiger charge is -2.17. The molecule has 0 aromatic heterocycles. The molecule has 0 atom stereocenters. The van der Waals surface area contributed by atoms with E-state index in [0.717, 1.165) is 11.3 Å². The molecule has 0 aliphatic carbocycles. The summed E-state index contributed by atoms with van der Waals surface area (Å²) in [5.41, 5.74) is 1.50. The van der Waals surface area contributed by atoms with Crippen molar-refractivity contribution < 1.29 is 9.59 Å². The number of benzene rings is 1. The molecule has 1 rings (SSSR count). The number of para-hydroxylation sites is 1. The van der Waals surface area contributed by atoms with Gasteiger partial charge in [-0.3, -0.25) is 9.59 Å². The highest BCUT2D eigenvalue weighted by molar-refractivity contribution is 5.91. The van der Waals surface area contributed by atoms with Gasteiger partial charge in [0.1, 0.15) is 0 Å². The summed E-state index contributed by atoms with van der Waals surface area (Å²) in [4.78, 5) is 23.4. The fourth-order valence-electron chi connectivity index (χ4n) is 1.64. The smallest absolute Gasteiger partial charge is 0.225 e. The number of hydrogen-bond donors (Lipinski definition) is 2. The number of amides is 2. The van der Waals surface area contributed by atoms with E-state index in [-0.39, 0.29) is 17.2 Å². The lowest BCUT2D eigenvalue weighted by atomic mass is 9.96. The van der Waals surface area contributed by atoms with Crippen LogP contribution in [0.1, 0.15) is 39.2 Å². The molecule has 0 saturated carbocycles. The summed E-state index contributed by atoms with van der Waals surface area (Å²) < 4.78 is 0. The highest BCUT2D eigenvalue weighted by Gasteiger charge is 2.20. The van der Waals surface area contributed by atoms with Crippen molar-refractivity contribution in [1.29, 1.82) is 0 Å². The van der Waals surface area contributed by atoms with E-state index in [1.165, 1.54) is 0 Å². The number of hydrogen-bond acceptors (Lipinski definition) is 2. The van der Waals surface area contributed by atoms with Crippen LogP contribution in [0, 0.1) is 12.3 Å². The zero-order valence-electron chi connectivity index (χ0n) is 12.7. The Kier molecular flexibility index (Phi) is 5.74. The van der Waals surface area contributed by atoms with Crippen LogP contribution in [-0.4, -0.2) is 18.4 Å². The Bertz CT molecular complexity index is 476. The second-order valence-corrected chi connectivity index (χ2v) is 5.97. The van der Waals surface area contributed by atoms with Gasteiger partial charge in [0.15, 0.2) is 0 Å². The van der Waals surface area contributed by atoms with Gasteiger partial charge in [0.2, 0.25) is 11.8 Å². The molecule has 2 N–H and O–H groups in total. The molecule has 0 unspecified atom stereocenters. The lowest BCUT2D eigenvalue weighted by molar-refractivity contribution is -0.128. The standard InChI is InChI=1S/C16H24N2O2/c1-12-8-5-6-9-13(12)18-14(19)10-7-11-17-15(20)16(2,3)4/h5-6,8-9H,7,10-11H2,1-4H3,(H,17,20)(H,18,19). The van der Waals surface area contributed by atoms with Gasteiger partial charge in [0.05, 0.1) is 0 Å². The molecule has 0 aliphatic heterocycles. The highest BCUT2D eigenvalue weighted by Crippen LogP contribution is 2.14. The Labute approximate surface area is 121 Å². The Morgan fingerprint density at radius 1 is 1.15 bits per heavy atom. The molecule has 4 nitrogen and oxygen atoms in total. The summed E-state index contributed by atoms with van der Waals surface area (Å²) in [6, 6.07) is 7.67. The third kappa shape index (κ3) is 5.43. The number of aryl methyl sites for hydroxylation is 1. The first kappa shape index (κ1) is 16.2. The average molecular weight is 276 g/mol. The summed E-state index contributed by atoms with van der Waals surface area (Å²) >= 11 is 0. The van der Waals surface area contributed by atoms with Crippen LogP contribution in [0.2, 0.25) is 0 Å². The Balaban J connectivity index is 2.28. The van der Waals surface area contributed by atoms with Crippen molar-refractivity contribution in [3.8, 4) is 0 Å². The second-order valence-electron chi connectivity index (χ2n) is 5.97. The van der Waals surface area contributed by atoms with Crippen LogP contribution in [0.5, 0.6) is 0 Å². The van der Waals surface area contributed by atoms with E-state index in [1.54, 1.807) is 0 Å². The molecular weight excluding hydrogens is 252 g/mol. The molecule has 0 spiro atoms. The van der Waals surface area contributed by atoms with E-state index >= 15 is 0 Å². The van der Waals surface area contributed by atoms with Gasteiger partial charge in [-0.25, -0.2) is 0 Å². The van der Waals surface area contributed by atoms with Gasteiger partial charge in [-0.05, 0) is 25.0 Å². The lowest BCUT2D eigenvalue weighted by Crippen LogP contribution is -2.35. The van der Waals surface area contributed by atoms with Crippen LogP contribution >= 0.6 is 0 Å². The Morgan fingerprint density at radius 3 is 2.40 bits per heavy atom. The van der Waals surface area contributed by atoms with Crippen LogP contribution in [-0.2, 0) is 9.59 Å². The molecule has 0 aliphatic rings. The molecule has 0 fully saturated rings. The summed E-state index contributed by atoms with van der Waals surface area (Å²) in [7, 11) is 0.